The highest BCUT2D eigenvalue weighted by Gasteiger charge is 2.13. The molecule has 0 bridgehead atoms. The van der Waals surface area contributed by atoms with E-state index in [9.17, 15) is 0 Å². The van der Waals surface area contributed by atoms with Crippen LogP contribution in [-0.4, -0.2) is 4.57 Å². The van der Waals surface area contributed by atoms with Crippen LogP contribution >= 0.6 is 0 Å². The van der Waals surface area contributed by atoms with Crippen LogP contribution in [0.25, 0.3) is 0 Å². The Bertz CT molecular complexity index is 414. The number of aryl methyl sites for hydroxylation is 2. The molecule has 0 aliphatic heterocycles. The molecule has 0 N–H and O–H groups in total. The normalized spacial score (nSPS) is 11.4. The van der Waals surface area contributed by atoms with Gasteiger partial charge in [0.15, 0.2) is 0 Å². The summed E-state index contributed by atoms with van der Waals surface area (Å²) in [5.41, 5.74) is 0. The summed E-state index contributed by atoms with van der Waals surface area (Å²) in [5.74, 6) is 1.52. The van der Waals surface area contributed by atoms with Crippen molar-refractivity contribution in [2.24, 2.45) is 0 Å². The Balaban J connectivity index is 1.85. The number of hydrogen-bond acceptors (Lipinski definition) is 0. The van der Waals surface area contributed by atoms with E-state index in [1.807, 2.05) is 0 Å². The Labute approximate surface area is 170 Å². The van der Waals surface area contributed by atoms with Crippen LogP contribution in [0.2, 0.25) is 0 Å². The van der Waals surface area contributed by atoms with Crippen LogP contribution in [0, 0.1) is 0 Å². The van der Waals surface area contributed by atoms with Crippen molar-refractivity contribution in [1.29, 1.82) is 0 Å². The van der Waals surface area contributed by atoms with Gasteiger partial charge in [-0.3, -0.25) is 0 Å². The maximum atomic E-state index is 2.41. The molecule has 0 amide bonds. The molecule has 0 aliphatic rings. The van der Waals surface area contributed by atoms with E-state index in [4.69, 9.17) is 0 Å². The summed E-state index contributed by atoms with van der Waals surface area (Å²) in [4.78, 5) is 0. The van der Waals surface area contributed by atoms with Crippen molar-refractivity contribution >= 4 is 0 Å². The quantitative estimate of drug-likeness (QED) is 0.173. The Morgan fingerprint density at radius 3 is 1.48 bits per heavy atom. The van der Waals surface area contributed by atoms with Gasteiger partial charge in [0.25, 0.3) is 5.82 Å². The summed E-state index contributed by atoms with van der Waals surface area (Å²) >= 11 is 0. The van der Waals surface area contributed by atoms with Crippen LogP contribution in [0.1, 0.15) is 129 Å². The van der Waals surface area contributed by atoms with Crippen molar-refractivity contribution in [2.75, 3.05) is 0 Å². The third kappa shape index (κ3) is 11.6. The largest absolute Gasteiger partial charge is 0.256 e. The van der Waals surface area contributed by atoms with E-state index >= 15 is 0 Å². The molecule has 2 heteroatoms. The Kier molecular flexibility index (Phi) is 15.6. The number of imidazole rings is 1. The summed E-state index contributed by atoms with van der Waals surface area (Å²) in [6.45, 7) is 8.99. The van der Waals surface area contributed by atoms with Crippen molar-refractivity contribution in [1.82, 2.24) is 4.57 Å². The first-order valence-corrected chi connectivity index (χ1v) is 12.4. The fourth-order valence-electron chi connectivity index (χ4n) is 4.19. The smallest absolute Gasteiger partial charge is 0.235 e. The van der Waals surface area contributed by atoms with Gasteiger partial charge in [0.1, 0.15) is 12.4 Å². The molecule has 2 nitrogen and oxygen atoms in total. The average Bonchev–Trinajstić information content (AvgIpc) is 3.09. The number of unbranched alkanes of at least 4 members (excludes halogenated alkanes) is 15. The molecule has 0 aromatic carbocycles. The van der Waals surface area contributed by atoms with Crippen molar-refractivity contribution in [3.63, 3.8) is 0 Å². The maximum Gasteiger partial charge on any atom is 0.256 e. The van der Waals surface area contributed by atoms with E-state index < -0.39 is 0 Å². The lowest BCUT2D eigenvalue weighted by molar-refractivity contribution is -0.700. The van der Waals surface area contributed by atoms with Crippen molar-refractivity contribution < 1.29 is 4.57 Å². The van der Waals surface area contributed by atoms with Crippen LogP contribution in [0.15, 0.2) is 12.4 Å². The average molecular weight is 378 g/mol. The molecule has 158 valence electrons. The molecule has 0 unspecified atom stereocenters. The predicted octanol–water partition coefficient (Wildman–Crippen LogP) is 7.62. The van der Waals surface area contributed by atoms with Crippen LogP contribution in [0.3, 0.4) is 0 Å². The highest BCUT2D eigenvalue weighted by atomic mass is 15.1. The molecule has 1 aromatic rings. The number of aromatic nitrogens is 2. The van der Waals surface area contributed by atoms with Gasteiger partial charge in [-0.1, -0.05) is 103 Å². The van der Waals surface area contributed by atoms with Crippen molar-refractivity contribution in [2.45, 2.75) is 143 Å². The maximum absolute atomic E-state index is 2.41. The van der Waals surface area contributed by atoms with Gasteiger partial charge in [-0.2, -0.15) is 0 Å². The van der Waals surface area contributed by atoms with Gasteiger partial charge < -0.3 is 0 Å². The number of hydrogen-bond donors (Lipinski definition) is 0. The van der Waals surface area contributed by atoms with Gasteiger partial charge in [-0.15, -0.1) is 0 Å². The number of rotatable bonds is 19. The van der Waals surface area contributed by atoms with Gasteiger partial charge >= 0.3 is 0 Å². The Morgan fingerprint density at radius 2 is 1.07 bits per heavy atom. The van der Waals surface area contributed by atoms with Gasteiger partial charge in [0.05, 0.1) is 13.1 Å². The molecule has 27 heavy (non-hydrogen) atoms. The SMILES string of the molecule is CCCCCCCCCCCCCCCCCCc1n(CC)cc[n+]1CC. The third-order valence-corrected chi connectivity index (χ3v) is 6.02. The molecule has 1 rings (SSSR count). The molecule has 1 heterocycles. The molecule has 0 saturated heterocycles. The van der Waals surface area contributed by atoms with Gasteiger partial charge in [0, 0.05) is 6.42 Å². The minimum Gasteiger partial charge on any atom is -0.235 e. The Hall–Kier alpha value is -0.790. The van der Waals surface area contributed by atoms with E-state index in [1.54, 1.807) is 0 Å². The van der Waals surface area contributed by atoms with Gasteiger partial charge in [-0.25, -0.2) is 9.13 Å². The summed E-state index contributed by atoms with van der Waals surface area (Å²) in [5, 5.41) is 0. The zero-order chi connectivity index (χ0) is 19.6. The first kappa shape index (κ1) is 24.2. The van der Waals surface area contributed by atoms with Gasteiger partial charge in [0.2, 0.25) is 0 Å². The summed E-state index contributed by atoms with van der Waals surface area (Å²) in [6, 6.07) is 0. The topological polar surface area (TPSA) is 8.81 Å². The van der Waals surface area contributed by atoms with E-state index in [0.717, 1.165) is 13.1 Å². The lowest BCUT2D eigenvalue weighted by Crippen LogP contribution is -2.35. The lowest BCUT2D eigenvalue weighted by atomic mass is 10.0. The molecule has 1 aromatic heterocycles. The van der Waals surface area contributed by atoms with Crippen molar-refractivity contribution in [3.05, 3.63) is 18.2 Å². The number of nitrogens with zero attached hydrogens (tertiary/aromatic N) is 2. The van der Waals surface area contributed by atoms with E-state index in [-0.39, 0.29) is 0 Å². The molecule has 0 atom stereocenters. The predicted molar refractivity (Wildman–Crippen MR) is 119 cm³/mol. The monoisotopic (exact) mass is 377 g/mol. The molecular formula is C25H49N2+. The second-order valence-corrected chi connectivity index (χ2v) is 8.34. The highest BCUT2D eigenvalue weighted by Crippen LogP contribution is 2.14. The Morgan fingerprint density at radius 1 is 0.630 bits per heavy atom. The minimum absolute atomic E-state index is 1.10. The summed E-state index contributed by atoms with van der Waals surface area (Å²) in [7, 11) is 0. The molecule has 0 saturated carbocycles. The third-order valence-electron chi connectivity index (χ3n) is 6.02. The van der Waals surface area contributed by atoms with E-state index in [1.165, 1.54) is 115 Å². The highest BCUT2D eigenvalue weighted by molar-refractivity contribution is 4.83. The minimum atomic E-state index is 1.10. The first-order valence-electron chi connectivity index (χ1n) is 12.4. The summed E-state index contributed by atoms with van der Waals surface area (Å²) < 4.78 is 4.82. The van der Waals surface area contributed by atoms with Gasteiger partial charge in [-0.05, 0) is 20.3 Å². The zero-order valence-corrected chi connectivity index (χ0v) is 19.0. The summed E-state index contributed by atoms with van der Waals surface area (Å²) in [6.07, 6.45) is 28.8. The second-order valence-electron chi connectivity index (χ2n) is 8.34. The molecule has 0 fully saturated rings. The lowest BCUT2D eigenvalue weighted by Gasteiger charge is -2.04. The van der Waals surface area contributed by atoms with Crippen LogP contribution < -0.4 is 4.57 Å². The molecule has 0 aliphatic carbocycles. The zero-order valence-electron chi connectivity index (χ0n) is 19.0. The first-order chi connectivity index (χ1) is 13.3. The van der Waals surface area contributed by atoms with E-state index in [0.29, 0.717) is 0 Å². The molecular weight excluding hydrogens is 328 g/mol. The van der Waals surface area contributed by atoms with Crippen LogP contribution in [-0.2, 0) is 19.5 Å². The van der Waals surface area contributed by atoms with Crippen LogP contribution in [0.5, 0.6) is 0 Å². The second kappa shape index (κ2) is 17.3. The molecule has 0 radical (unpaired) electrons. The fourth-order valence-corrected chi connectivity index (χ4v) is 4.19. The van der Waals surface area contributed by atoms with Crippen molar-refractivity contribution in [3.8, 4) is 0 Å². The van der Waals surface area contributed by atoms with E-state index in [2.05, 4.69) is 42.3 Å². The fraction of sp³-hybridized carbons (Fsp3) is 0.880. The molecule has 0 spiro atoms. The van der Waals surface area contributed by atoms with Crippen LogP contribution in [0.4, 0.5) is 0 Å². The standard InChI is InChI=1S/C25H49N2/c1-4-7-8-9-10-11-12-13-14-15-16-17-18-19-20-21-22-25-26(5-2)23-24-27(25)6-3/h23-24H,4-22H2,1-3H3/q+1.